The van der Waals surface area contributed by atoms with Gasteiger partial charge in [-0.05, 0) is 51.2 Å². The van der Waals surface area contributed by atoms with E-state index in [4.69, 9.17) is 0 Å². The highest BCUT2D eigenvalue weighted by Crippen LogP contribution is 2.40. The molecule has 0 bridgehead atoms. The summed E-state index contributed by atoms with van der Waals surface area (Å²) in [5.74, 6) is -0.849. The van der Waals surface area contributed by atoms with Gasteiger partial charge in [-0.2, -0.15) is 0 Å². The first-order chi connectivity index (χ1) is 11.4. The zero-order valence-corrected chi connectivity index (χ0v) is 15.0. The molecule has 0 spiro atoms. The summed E-state index contributed by atoms with van der Waals surface area (Å²) in [6.45, 7) is 8.61. The standard InChI is InChI=1S/C19H27N3O2/c1-5-12-22-13-15(20-21-22)10-11-17(19(3,4)18(23)24)16-9-7-6-8-14(16)2/h6-9,13,17H,5,10-12H2,1-4H3,(H,23,24). The number of hydrogen-bond acceptors (Lipinski definition) is 3. The lowest BCUT2D eigenvalue weighted by Crippen LogP contribution is -2.32. The van der Waals surface area contributed by atoms with Gasteiger partial charge >= 0.3 is 5.97 Å². The lowest BCUT2D eigenvalue weighted by molar-refractivity contribution is -0.148. The van der Waals surface area contributed by atoms with Crippen LogP contribution in [0.15, 0.2) is 30.5 Å². The molecule has 1 unspecified atom stereocenters. The molecule has 2 rings (SSSR count). The number of carboxylic acids is 1. The molecule has 5 heteroatoms. The van der Waals surface area contributed by atoms with Crippen LogP contribution in [0.5, 0.6) is 0 Å². The number of benzene rings is 1. The van der Waals surface area contributed by atoms with Gasteiger partial charge in [-0.15, -0.1) is 5.10 Å². The van der Waals surface area contributed by atoms with E-state index in [1.807, 2.05) is 42.1 Å². The van der Waals surface area contributed by atoms with Crippen molar-refractivity contribution in [2.24, 2.45) is 5.41 Å². The Bertz CT molecular complexity index is 691. The summed E-state index contributed by atoms with van der Waals surface area (Å²) in [5, 5.41) is 18.0. The van der Waals surface area contributed by atoms with E-state index in [1.54, 1.807) is 13.8 Å². The van der Waals surface area contributed by atoms with E-state index in [0.29, 0.717) is 0 Å². The van der Waals surface area contributed by atoms with Crippen LogP contribution in [0, 0.1) is 12.3 Å². The molecule has 0 aliphatic heterocycles. The number of aliphatic carboxylic acids is 1. The van der Waals surface area contributed by atoms with Gasteiger partial charge in [0.2, 0.25) is 0 Å². The van der Waals surface area contributed by atoms with E-state index in [9.17, 15) is 9.90 Å². The summed E-state index contributed by atoms with van der Waals surface area (Å²) in [4.78, 5) is 11.8. The summed E-state index contributed by atoms with van der Waals surface area (Å²) >= 11 is 0. The number of aromatic nitrogens is 3. The highest BCUT2D eigenvalue weighted by molar-refractivity contribution is 5.75. The number of aryl methyl sites for hydroxylation is 3. The molecule has 1 heterocycles. The Kier molecular flexibility index (Phi) is 5.75. The third-order valence-corrected chi connectivity index (χ3v) is 4.71. The van der Waals surface area contributed by atoms with Crippen LogP contribution in [0.1, 0.15) is 56.4 Å². The van der Waals surface area contributed by atoms with Crippen LogP contribution in [0.3, 0.4) is 0 Å². The Labute approximate surface area is 143 Å². The van der Waals surface area contributed by atoms with E-state index in [-0.39, 0.29) is 5.92 Å². The summed E-state index contributed by atoms with van der Waals surface area (Å²) in [5.41, 5.74) is 2.31. The van der Waals surface area contributed by atoms with Crippen LogP contribution in [-0.4, -0.2) is 26.1 Å². The second kappa shape index (κ2) is 7.60. The average molecular weight is 329 g/mol. The SMILES string of the molecule is CCCn1cc(CCC(c2ccccc2C)C(C)(C)C(=O)O)nn1. The number of rotatable bonds is 8. The fourth-order valence-electron chi connectivity index (χ4n) is 3.12. The summed E-state index contributed by atoms with van der Waals surface area (Å²) in [6.07, 6.45) is 4.43. The van der Waals surface area contributed by atoms with Crippen LogP contribution in [0.4, 0.5) is 0 Å². The monoisotopic (exact) mass is 329 g/mol. The molecular weight excluding hydrogens is 302 g/mol. The predicted molar refractivity (Wildman–Crippen MR) is 94.0 cm³/mol. The minimum atomic E-state index is -0.842. The lowest BCUT2D eigenvalue weighted by Gasteiger charge is -2.32. The highest BCUT2D eigenvalue weighted by atomic mass is 16.4. The molecule has 1 atom stereocenters. The quantitative estimate of drug-likeness (QED) is 0.799. The Balaban J connectivity index is 2.23. The molecule has 1 aromatic carbocycles. The summed E-state index contributed by atoms with van der Waals surface area (Å²) < 4.78 is 1.85. The van der Waals surface area contributed by atoms with Crippen molar-refractivity contribution < 1.29 is 9.90 Å². The van der Waals surface area contributed by atoms with Crippen molar-refractivity contribution in [1.29, 1.82) is 0 Å². The third-order valence-electron chi connectivity index (χ3n) is 4.71. The number of carboxylic acid groups (broad SMARTS) is 1. The zero-order chi connectivity index (χ0) is 17.7. The molecule has 0 amide bonds. The minimum absolute atomic E-state index is 0.0764. The molecular formula is C19H27N3O2. The van der Waals surface area contributed by atoms with E-state index < -0.39 is 11.4 Å². The molecule has 1 aromatic heterocycles. The maximum Gasteiger partial charge on any atom is 0.309 e. The number of nitrogens with zero attached hydrogens (tertiary/aromatic N) is 3. The normalized spacial score (nSPS) is 13.0. The van der Waals surface area contributed by atoms with Crippen LogP contribution in [-0.2, 0) is 17.8 Å². The highest BCUT2D eigenvalue weighted by Gasteiger charge is 2.38. The molecule has 2 aromatic rings. The second-order valence-corrected chi connectivity index (χ2v) is 6.95. The van der Waals surface area contributed by atoms with Gasteiger partial charge in [-0.3, -0.25) is 9.48 Å². The Morgan fingerprint density at radius 2 is 2.04 bits per heavy atom. The molecule has 5 nitrogen and oxygen atoms in total. The van der Waals surface area contributed by atoms with Gasteiger partial charge in [0, 0.05) is 18.7 Å². The summed E-state index contributed by atoms with van der Waals surface area (Å²) in [6, 6.07) is 8.04. The zero-order valence-electron chi connectivity index (χ0n) is 15.0. The van der Waals surface area contributed by atoms with Gasteiger partial charge in [0.25, 0.3) is 0 Å². The topological polar surface area (TPSA) is 68.0 Å². The second-order valence-electron chi connectivity index (χ2n) is 6.95. The van der Waals surface area contributed by atoms with Crippen LogP contribution in [0.2, 0.25) is 0 Å². The molecule has 0 fully saturated rings. The van der Waals surface area contributed by atoms with Crippen molar-refractivity contribution >= 4 is 5.97 Å². The van der Waals surface area contributed by atoms with Crippen LogP contribution in [0.25, 0.3) is 0 Å². The van der Waals surface area contributed by atoms with E-state index in [2.05, 4.69) is 17.2 Å². The van der Waals surface area contributed by atoms with Crippen molar-refractivity contribution in [1.82, 2.24) is 15.0 Å². The fraction of sp³-hybridized carbons (Fsp3) is 0.526. The van der Waals surface area contributed by atoms with E-state index >= 15 is 0 Å². The van der Waals surface area contributed by atoms with Gasteiger partial charge < -0.3 is 5.11 Å². The Morgan fingerprint density at radius 1 is 1.33 bits per heavy atom. The Morgan fingerprint density at radius 3 is 2.67 bits per heavy atom. The predicted octanol–water partition coefficient (Wildman–Crippen LogP) is 3.82. The first-order valence-electron chi connectivity index (χ1n) is 8.54. The van der Waals surface area contributed by atoms with E-state index in [1.165, 1.54) is 0 Å². The van der Waals surface area contributed by atoms with Crippen LogP contribution >= 0.6 is 0 Å². The maximum absolute atomic E-state index is 11.8. The molecule has 0 radical (unpaired) electrons. The van der Waals surface area contributed by atoms with Gasteiger partial charge in [-0.25, -0.2) is 0 Å². The third kappa shape index (κ3) is 4.02. The van der Waals surface area contributed by atoms with Crippen LogP contribution < -0.4 is 0 Å². The first-order valence-corrected chi connectivity index (χ1v) is 8.54. The number of hydrogen-bond donors (Lipinski definition) is 1. The largest absolute Gasteiger partial charge is 0.481 e. The van der Waals surface area contributed by atoms with Crippen molar-refractivity contribution in [3.05, 3.63) is 47.3 Å². The molecule has 0 aliphatic rings. The molecule has 1 N–H and O–H groups in total. The number of carbonyl (C=O) groups is 1. The molecule has 24 heavy (non-hydrogen) atoms. The van der Waals surface area contributed by atoms with Crippen molar-refractivity contribution in [3.8, 4) is 0 Å². The molecule has 0 saturated heterocycles. The van der Waals surface area contributed by atoms with Crippen molar-refractivity contribution in [3.63, 3.8) is 0 Å². The maximum atomic E-state index is 11.8. The smallest absolute Gasteiger partial charge is 0.309 e. The van der Waals surface area contributed by atoms with Gasteiger partial charge in [0.05, 0.1) is 11.1 Å². The van der Waals surface area contributed by atoms with Crippen molar-refractivity contribution in [2.45, 2.75) is 59.4 Å². The van der Waals surface area contributed by atoms with Crippen molar-refractivity contribution in [2.75, 3.05) is 0 Å². The fourth-order valence-corrected chi connectivity index (χ4v) is 3.12. The van der Waals surface area contributed by atoms with E-state index in [0.717, 1.165) is 42.6 Å². The average Bonchev–Trinajstić information content (AvgIpc) is 2.97. The molecule has 0 saturated carbocycles. The summed E-state index contributed by atoms with van der Waals surface area (Å²) in [7, 11) is 0. The first kappa shape index (κ1) is 18.2. The Hall–Kier alpha value is -2.17. The van der Waals surface area contributed by atoms with Gasteiger partial charge in [-0.1, -0.05) is 36.4 Å². The molecule has 0 aliphatic carbocycles. The van der Waals surface area contributed by atoms with Gasteiger partial charge in [0.15, 0.2) is 0 Å². The lowest BCUT2D eigenvalue weighted by atomic mass is 9.71. The minimum Gasteiger partial charge on any atom is -0.481 e. The van der Waals surface area contributed by atoms with Gasteiger partial charge in [0.1, 0.15) is 0 Å². The molecule has 130 valence electrons.